The van der Waals surface area contributed by atoms with Gasteiger partial charge in [0.05, 0.1) is 13.2 Å². The molecule has 0 aliphatic rings. The molecule has 1 unspecified atom stereocenters. The van der Waals surface area contributed by atoms with Gasteiger partial charge in [0.25, 0.3) is 0 Å². The van der Waals surface area contributed by atoms with Gasteiger partial charge in [0, 0.05) is 13.2 Å². The highest BCUT2D eigenvalue weighted by atomic mass is 16.5. The molecule has 5 N–H and O–H groups in total. The zero-order valence-electron chi connectivity index (χ0n) is 9.20. The Morgan fingerprint density at radius 1 is 0.867 bits per heavy atom. The number of hydrogen-bond donors (Lipinski definition) is 5. The quantitative estimate of drug-likeness (QED) is 0.362. The molecule has 0 aromatic heterocycles. The molecule has 15 heavy (non-hydrogen) atoms. The van der Waals surface area contributed by atoms with Crippen molar-refractivity contribution in [1.29, 1.82) is 0 Å². The molecule has 6 heteroatoms. The summed E-state index contributed by atoms with van der Waals surface area (Å²) < 4.78 is 4.83. The minimum Gasteiger partial charge on any atom is -0.394 e. The van der Waals surface area contributed by atoms with Gasteiger partial charge in [-0.2, -0.15) is 0 Å². The maximum Gasteiger partial charge on any atom is 0.110 e. The SMILES string of the molecule is CCOCC.OC[C@@H](O)C(O)[C@@H](O)CO. The minimum atomic E-state index is -1.49. The summed E-state index contributed by atoms with van der Waals surface area (Å²) in [7, 11) is 0. The van der Waals surface area contributed by atoms with E-state index in [-0.39, 0.29) is 0 Å². The molecule has 0 saturated heterocycles. The van der Waals surface area contributed by atoms with Gasteiger partial charge in [0.15, 0.2) is 0 Å². The molecule has 0 aliphatic heterocycles. The summed E-state index contributed by atoms with van der Waals surface area (Å²) in [5.74, 6) is 0. The highest BCUT2D eigenvalue weighted by Gasteiger charge is 2.22. The van der Waals surface area contributed by atoms with E-state index in [1.807, 2.05) is 13.8 Å². The van der Waals surface area contributed by atoms with Crippen molar-refractivity contribution >= 4 is 0 Å². The molecule has 0 bridgehead atoms. The topological polar surface area (TPSA) is 110 Å². The van der Waals surface area contributed by atoms with Crippen molar-refractivity contribution in [2.24, 2.45) is 0 Å². The van der Waals surface area contributed by atoms with Gasteiger partial charge in [0.1, 0.15) is 18.3 Å². The van der Waals surface area contributed by atoms with Gasteiger partial charge in [-0.3, -0.25) is 0 Å². The van der Waals surface area contributed by atoms with Gasteiger partial charge in [-0.05, 0) is 13.8 Å². The molecule has 0 radical (unpaired) electrons. The summed E-state index contributed by atoms with van der Waals surface area (Å²) in [6.45, 7) is 4.39. The van der Waals surface area contributed by atoms with Gasteiger partial charge in [-0.15, -0.1) is 0 Å². The largest absolute Gasteiger partial charge is 0.394 e. The van der Waals surface area contributed by atoms with Crippen molar-refractivity contribution in [3.05, 3.63) is 0 Å². The summed E-state index contributed by atoms with van der Waals surface area (Å²) in [6, 6.07) is 0. The van der Waals surface area contributed by atoms with Crippen LogP contribution in [0.2, 0.25) is 0 Å². The maximum absolute atomic E-state index is 8.77. The second-order valence-corrected chi connectivity index (χ2v) is 2.77. The summed E-state index contributed by atoms with van der Waals surface area (Å²) >= 11 is 0. The first kappa shape index (κ1) is 17.2. The average molecular weight is 226 g/mol. The van der Waals surface area contributed by atoms with Gasteiger partial charge in [0.2, 0.25) is 0 Å². The van der Waals surface area contributed by atoms with Crippen molar-refractivity contribution in [2.75, 3.05) is 26.4 Å². The average Bonchev–Trinajstić information content (AvgIpc) is 2.27. The first-order chi connectivity index (χ1) is 7.04. The fourth-order valence-electron chi connectivity index (χ4n) is 0.677. The predicted octanol–water partition coefficient (Wildman–Crippen LogP) is -1.90. The van der Waals surface area contributed by atoms with Crippen molar-refractivity contribution in [3.8, 4) is 0 Å². The maximum atomic E-state index is 8.77. The molecule has 94 valence electrons. The van der Waals surface area contributed by atoms with Crippen LogP contribution in [0.3, 0.4) is 0 Å². The number of aliphatic hydroxyl groups is 5. The summed E-state index contributed by atoms with van der Waals surface area (Å²) in [5, 5.41) is 42.6. The molecule has 0 aliphatic carbocycles. The Kier molecular flexibility index (Phi) is 13.5. The highest BCUT2D eigenvalue weighted by molar-refractivity contribution is 4.73. The molecule has 0 aromatic carbocycles. The number of hydrogen-bond acceptors (Lipinski definition) is 6. The number of rotatable bonds is 6. The standard InChI is InChI=1S/C5H12O5.C4H10O/c6-1-3(8)5(10)4(9)2-7;1-3-5-4-2/h3-10H,1-2H2;3-4H2,1-2H3/t3-,4+,5?;. The summed E-state index contributed by atoms with van der Waals surface area (Å²) in [5.41, 5.74) is 0. The van der Waals surface area contributed by atoms with Crippen molar-refractivity contribution in [1.82, 2.24) is 0 Å². The molecular weight excluding hydrogens is 204 g/mol. The van der Waals surface area contributed by atoms with E-state index < -0.39 is 31.5 Å². The Morgan fingerprint density at radius 2 is 1.20 bits per heavy atom. The first-order valence-corrected chi connectivity index (χ1v) is 4.88. The van der Waals surface area contributed by atoms with Crippen molar-refractivity contribution in [2.45, 2.75) is 32.2 Å². The van der Waals surface area contributed by atoms with E-state index in [4.69, 9.17) is 30.3 Å². The third-order valence-electron chi connectivity index (χ3n) is 1.57. The molecule has 0 fully saturated rings. The second-order valence-electron chi connectivity index (χ2n) is 2.77. The van der Waals surface area contributed by atoms with E-state index in [1.165, 1.54) is 0 Å². The lowest BCUT2D eigenvalue weighted by molar-refractivity contribution is -0.0900. The smallest absolute Gasteiger partial charge is 0.110 e. The molecule has 0 rings (SSSR count). The van der Waals surface area contributed by atoms with E-state index in [9.17, 15) is 0 Å². The van der Waals surface area contributed by atoms with Crippen LogP contribution in [0.15, 0.2) is 0 Å². The Balaban J connectivity index is 0. The zero-order chi connectivity index (χ0) is 12.3. The number of ether oxygens (including phenoxy) is 1. The van der Waals surface area contributed by atoms with Crippen molar-refractivity contribution < 1.29 is 30.3 Å². The molecular formula is C9H22O6. The van der Waals surface area contributed by atoms with Crippen LogP contribution >= 0.6 is 0 Å². The Bertz CT molecular complexity index is 109. The minimum absolute atomic E-state index is 0.641. The van der Waals surface area contributed by atoms with Gasteiger partial charge >= 0.3 is 0 Å². The zero-order valence-corrected chi connectivity index (χ0v) is 9.20. The molecule has 0 aromatic rings. The molecule has 0 heterocycles. The lowest BCUT2D eigenvalue weighted by Crippen LogP contribution is -2.41. The Labute approximate surface area is 89.7 Å². The monoisotopic (exact) mass is 226 g/mol. The van der Waals surface area contributed by atoms with Gasteiger partial charge in [-0.1, -0.05) is 0 Å². The summed E-state index contributed by atoms with van der Waals surface area (Å²) in [6.07, 6.45) is -4.29. The van der Waals surface area contributed by atoms with Crippen LogP contribution in [0.1, 0.15) is 13.8 Å². The first-order valence-electron chi connectivity index (χ1n) is 4.88. The van der Waals surface area contributed by atoms with Crippen molar-refractivity contribution in [3.63, 3.8) is 0 Å². The Hall–Kier alpha value is -0.240. The van der Waals surface area contributed by atoms with Gasteiger partial charge in [-0.25, -0.2) is 0 Å². The van der Waals surface area contributed by atoms with Crippen LogP contribution < -0.4 is 0 Å². The molecule has 3 atom stereocenters. The third kappa shape index (κ3) is 10.1. The Morgan fingerprint density at radius 3 is 1.33 bits per heavy atom. The molecule has 0 saturated carbocycles. The van der Waals surface area contributed by atoms with E-state index in [2.05, 4.69) is 0 Å². The van der Waals surface area contributed by atoms with Crippen LogP contribution in [0.5, 0.6) is 0 Å². The molecule has 0 spiro atoms. The van der Waals surface area contributed by atoms with E-state index in [0.29, 0.717) is 0 Å². The number of aliphatic hydroxyl groups excluding tert-OH is 5. The van der Waals surface area contributed by atoms with Gasteiger partial charge < -0.3 is 30.3 Å². The van der Waals surface area contributed by atoms with Crippen LogP contribution in [0, 0.1) is 0 Å². The second kappa shape index (κ2) is 11.8. The van der Waals surface area contributed by atoms with Crippen LogP contribution in [-0.2, 0) is 4.74 Å². The molecule has 0 amide bonds. The fourth-order valence-corrected chi connectivity index (χ4v) is 0.677. The molecule has 6 nitrogen and oxygen atoms in total. The lowest BCUT2D eigenvalue weighted by atomic mass is 10.1. The normalized spacial score (nSPS) is 16.2. The fraction of sp³-hybridized carbons (Fsp3) is 1.00. The van der Waals surface area contributed by atoms with E-state index in [1.54, 1.807) is 0 Å². The van der Waals surface area contributed by atoms with E-state index >= 15 is 0 Å². The third-order valence-corrected chi connectivity index (χ3v) is 1.57. The predicted molar refractivity (Wildman–Crippen MR) is 54.4 cm³/mol. The van der Waals surface area contributed by atoms with Crippen LogP contribution in [-0.4, -0.2) is 70.3 Å². The van der Waals surface area contributed by atoms with E-state index in [0.717, 1.165) is 13.2 Å². The summed E-state index contributed by atoms with van der Waals surface area (Å²) in [4.78, 5) is 0. The van der Waals surface area contributed by atoms with Crippen LogP contribution in [0.25, 0.3) is 0 Å². The highest BCUT2D eigenvalue weighted by Crippen LogP contribution is 1.97. The van der Waals surface area contributed by atoms with Crippen LogP contribution in [0.4, 0.5) is 0 Å². The lowest BCUT2D eigenvalue weighted by Gasteiger charge is -2.19.